The number of esters is 1. The summed E-state index contributed by atoms with van der Waals surface area (Å²) in [5.74, 6) is 4.48. The van der Waals surface area contributed by atoms with Gasteiger partial charge in [0, 0.05) is 17.2 Å². The predicted octanol–water partition coefficient (Wildman–Crippen LogP) is 1.36. The summed E-state index contributed by atoms with van der Waals surface area (Å²) in [5.41, 5.74) is 8.09. The maximum atomic E-state index is 10.8. The average Bonchev–Trinajstić information content (AvgIpc) is 2.27. The highest BCUT2D eigenvalue weighted by atomic mass is 16.5. The molecule has 1 aromatic rings. The molecule has 0 aliphatic rings. The van der Waals surface area contributed by atoms with Crippen molar-refractivity contribution in [2.45, 2.75) is 13.3 Å². The molecule has 0 saturated heterocycles. The van der Waals surface area contributed by atoms with Crippen molar-refractivity contribution in [1.82, 2.24) is 0 Å². The van der Waals surface area contributed by atoms with Crippen LogP contribution in [0.4, 0.5) is 5.69 Å². The molecule has 78 valence electrons. The number of hydrogen-bond donors (Lipinski definition) is 1. The van der Waals surface area contributed by atoms with Crippen LogP contribution < -0.4 is 5.73 Å². The van der Waals surface area contributed by atoms with Gasteiger partial charge in [-0.15, -0.1) is 0 Å². The number of carbonyl (C=O) groups excluding carboxylic acids is 1. The van der Waals surface area contributed by atoms with Crippen molar-refractivity contribution < 1.29 is 9.53 Å². The Morgan fingerprint density at radius 3 is 2.87 bits per heavy atom. The van der Waals surface area contributed by atoms with Crippen LogP contribution in [0, 0.1) is 11.8 Å². The van der Waals surface area contributed by atoms with E-state index in [4.69, 9.17) is 5.73 Å². The fourth-order valence-electron chi connectivity index (χ4n) is 1.10. The molecule has 1 rings (SSSR count). The molecular weight excluding hydrogens is 190 g/mol. The number of rotatable bonds is 1. The first-order valence-electron chi connectivity index (χ1n) is 4.65. The Morgan fingerprint density at radius 2 is 2.27 bits per heavy atom. The first-order chi connectivity index (χ1) is 7.17. The number of nitrogens with two attached hydrogens (primary N) is 1. The van der Waals surface area contributed by atoms with E-state index >= 15 is 0 Å². The smallest absolute Gasteiger partial charge is 0.384 e. The van der Waals surface area contributed by atoms with Gasteiger partial charge in [-0.3, -0.25) is 0 Å². The summed E-state index contributed by atoms with van der Waals surface area (Å²) < 4.78 is 4.42. The zero-order valence-corrected chi connectivity index (χ0v) is 8.83. The van der Waals surface area contributed by atoms with Gasteiger partial charge in [0.05, 0.1) is 7.11 Å². The lowest BCUT2D eigenvalue weighted by atomic mass is 10.1. The molecule has 3 heteroatoms. The number of methoxy groups -OCH3 is 1. The minimum absolute atomic E-state index is 0.559. The highest BCUT2D eigenvalue weighted by Gasteiger charge is 1.98. The standard InChI is InChI=1S/C12H13NO2/c1-3-9-4-6-11(13)10(8-9)5-7-12(14)15-2/h4,6,8H,3,13H2,1-2H3. The van der Waals surface area contributed by atoms with Crippen molar-refractivity contribution >= 4 is 11.7 Å². The molecule has 0 radical (unpaired) electrons. The highest BCUT2D eigenvalue weighted by molar-refractivity contribution is 5.89. The van der Waals surface area contributed by atoms with Crippen molar-refractivity contribution in [3.8, 4) is 11.8 Å². The molecule has 0 saturated carbocycles. The number of hydrogen-bond acceptors (Lipinski definition) is 3. The Labute approximate surface area is 89.2 Å². The Balaban J connectivity index is 3.01. The number of aryl methyl sites for hydroxylation is 1. The first-order valence-corrected chi connectivity index (χ1v) is 4.65. The van der Waals surface area contributed by atoms with Gasteiger partial charge in [0.15, 0.2) is 0 Å². The molecule has 3 nitrogen and oxygen atoms in total. The summed E-state index contributed by atoms with van der Waals surface area (Å²) in [6.45, 7) is 2.04. The van der Waals surface area contributed by atoms with E-state index in [1.54, 1.807) is 6.07 Å². The third kappa shape index (κ3) is 3.03. The summed E-state index contributed by atoms with van der Waals surface area (Å²) in [4.78, 5) is 10.8. The van der Waals surface area contributed by atoms with Gasteiger partial charge in [-0.05, 0) is 24.1 Å². The maximum Gasteiger partial charge on any atom is 0.384 e. The van der Waals surface area contributed by atoms with E-state index in [0.717, 1.165) is 12.0 Å². The Bertz CT molecular complexity index is 427. The van der Waals surface area contributed by atoms with E-state index in [0.29, 0.717) is 11.3 Å². The van der Waals surface area contributed by atoms with Gasteiger partial charge in [-0.25, -0.2) is 4.79 Å². The summed E-state index contributed by atoms with van der Waals surface area (Å²) in [6.07, 6.45) is 0.910. The van der Waals surface area contributed by atoms with E-state index < -0.39 is 5.97 Å². The van der Waals surface area contributed by atoms with Crippen LogP contribution in [0.3, 0.4) is 0 Å². The fraction of sp³-hybridized carbons (Fsp3) is 0.250. The summed E-state index contributed by atoms with van der Waals surface area (Å²) in [6, 6.07) is 5.62. The fourth-order valence-corrected chi connectivity index (χ4v) is 1.10. The van der Waals surface area contributed by atoms with E-state index in [1.165, 1.54) is 7.11 Å². The van der Waals surface area contributed by atoms with Crippen molar-refractivity contribution in [2.24, 2.45) is 0 Å². The number of anilines is 1. The zero-order chi connectivity index (χ0) is 11.3. The van der Waals surface area contributed by atoms with Crippen LogP contribution in [0.15, 0.2) is 18.2 Å². The molecule has 0 amide bonds. The van der Waals surface area contributed by atoms with Gasteiger partial charge in [0.1, 0.15) is 0 Å². The number of benzene rings is 1. The average molecular weight is 203 g/mol. The van der Waals surface area contributed by atoms with Crippen molar-refractivity contribution in [1.29, 1.82) is 0 Å². The van der Waals surface area contributed by atoms with Gasteiger partial charge in [-0.2, -0.15) is 0 Å². The Hall–Kier alpha value is -1.95. The summed E-state index contributed by atoms with van der Waals surface area (Å²) in [5, 5.41) is 0. The molecule has 0 aromatic heterocycles. The molecule has 0 fully saturated rings. The van der Waals surface area contributed by atoms with Gasteiger partial charge in [0.25, 0.3) is 0 Å². The second kappa shape index (κ2) is 5.06. The Kier molecular flexibility index (Phi) is 3.75. The van der Waals surface area contributed by atoms with Crippen molar-refractivity contribution in [2.75, 3.05) is 12.8 Å². The van der Waals surface area contributed by atoms with E-state index in [1.807, 2.05) is 19.1 Å². The normalized spacial score (nSPS) is 8.93. The number of ether oxygens (including phenoxy) is 1. The lowest BCUT2D eigenvalue weighted by Gasteiger charge is -2.00. The molecule has 0 unspecified atom stereocenters. The third-order valence-electron chi connectivity index (χ3n) is 2.01. The van der Waals surface area contributed by atoms with E-state index in [-0.39, 0.29) is 0 Å². The molecule has 0 aliphatic heterocycles. The van der Waals surface area contributed by atoms with Gasteiger partial charge in [0.2, 0.25) is 0 Å². The van der Waals surface area contributed by atoms with E-state index in [9.17, 15) is 4.79 Å². The van der Waals surface area contributed by atoms with Crippen LogP contribution >= 0.6 is 0 Å². The predicted molar refractivity (Wildman–Crippen MR) is 59.1 cm³/mol. The molecule has 0 spiro atoms. The minimum atomic E-state index is -0.559. The molecule has 0 bridgehead atoms. The first kappa shape index (κ1) is 11.1. The topological polar surface area (TPSA) is 52.3 Å². The summed E-state index contributed by atoms with van der Waals surface area (Å²) in [7, 11) is 1.29. The van der Waals surface area contributed by atoms with Crippen LogP contribution in [0.2, 0.25) is 0 Å². The lowest BCUT2D eigenvalue weighted by Crippen LogP contribution is -1.96. The molecule has 0 atom stereocenters. The van der Waals surface area contributed by atoms with Crippen LogP contribution in [-0.4, -0.2) is 13.1 Å². The van der Waals surface area contributed by atoms with Crippen LogP contribution in [-0.2, 0) is 16.0 Å². The summed E-state index contributed by atoms with van der Waals surface area (Å²) >= 11 is 0. The van der Waals surface area contributed by atoms with E-state index in [2.05, 4.69) is 16.6 Å². The van der Waals surface area contributed by atoms with Crippen molar-refractivity contribution in [3.63, 3.8) is 0 Å². The SMILES string of the molecule is CCc1ccc(N)c(C#CC(=O)OC)c1. The molecule has 0 heterocycles. The molecule has 2 N–H and O–H groups in total. The molecular formula is C12H13NO2. The second-order valence-electron chi connectivity index (χ2n) is 3.02. The molecule has 0 aliphatic carbocycles. The monoisotopic (exact) mass is 203 g/mol. The highest BCUT2D eigenvalue weighted by Crippen LogP contribution is 2.13. The van der Waals surface area contributed by atoms with Gasteiger partial charge < -0.3 is 10.5 Å². The number of nitrogen functional groups attached to an aromatic ring is 1. The maximum absolute atomic E-state index is 10.8. The number of carbonyl (C=O) groups is 1. The van der Waals surface area contributed by atoms with Crippen molar-refractivity contribution in [3.05, 3.63) is 29.3 Å². The lowest BCUT2D eigenvalue weighted by molar-refractivity contribution is -0.133. The van der Waals surface area contributed by atoms with Gasteiger partial charge in [-0.1, -0.05) is 18.9 Å². The molecule has 1 aromatic carbocycles. The van der Waals surface area contributed by atoms with Crippen LogP contribution in [0.25, 0.3) is 0 Å². The second-order valence-corrected chi connectivity index (χ2v) is 3.02. The Morgan fingerprint density at radius 1 is 1.53 bits per heavy atom. The third-order valence-corrected chi connectivity index (χ3v) is 2.01. The zero-order valence-electron chi connectivity index (χ0n) is 8.83. The van der Waals surface area contributed by atoms with Gasteiger partial charge >= 0.3 is 5.97 Å². The largest absolute Gasteiger partial charge is 0.459 e. The van der Waals surface area contributed by atoms with Crippen LogP contribution in [0.1, 0.15) is 18.1 Å². The minimum Gasteiger partial charge on any atom is -0.459 e. The molecule has 15 heavy (non-hydrogen) atoms. The quantitative estimate of drug-likeness (QED) is 0.426. The van der Waals surface area contributed by atoms with Crippen LogP contribution in [0.5, 0.6) is 0 Å².